The summed E-state index contributed by atoms with van der Waals surface area (Å²) < 4.78 is 15.8. The molecule has 0 bridgehead atoms. The van der Waals surface area contributed by atoms with Gasteiger partial charge < -0.3 is 19.1 Å². The van der Waals surface area contributed by atoms with Crippen molar-refractivity contribution in [2.45, 2.75) is 26.2 Å². The van der Waals surface area contributed by atoms with Gasteiger partial charge in [0.1, 0.15) is 11.6 Å². The van der Waals surface area contributed by atoms with Crippen LogP contribution < -0.4 is 9.47 Å². The van der Waals surface area contributed by atoms with Crippen molar-refractivity contribution >= 4 is 18.0 Å². The Bertz CT molecular complexity index is 745. The Morgan fingerprint density at radius 2 is 2.04 bits per heavy atom. The number of unbranched alkanes of at least 4 members (excludes halogenated alkanes) is 1. The van der Waals surface area contributed by atoms with Crippen LogP contribution in [0.4, 0.5) is 0 Å². The van der Waals surface area contributed by atoms with Crippen molar-refractivity contribution < 1.29 is 23.8 Å². The fourth-order valence-corrected chi connectivity index (χ4v) is 2.60. The van der Waals surface area contributed by atoms with Gasteiger partial charge in [-0.3, -0.25) is 9.59 Å². The number of hydrogen-bond donors (Lipinski definition) is 0. The Morgan fingerprint density at radius 1 is 1.30 bits per heavy atom. The highest BCUT2D eigenvalue weighted by Crippen LogP contribution is 2.29. The summed E-state index contributed by atoms with van der Waals surface area (Å²) in [6.07, 6.45) is 3.51. The summed E-state index contributed by atoms with van der Waals surface area (Å²) in [6, 6.07) is 6.86. The summed E-state index contributed by atoms with van der Waals surface area (Å²) in [6.45, 7) is 3.87. The SMILES string of the molecule is CCCCC(=O)Oc1ccc(/C=C(\C#N)C(=O)N2CCOCC2)cc1OC. The number of carbonyl (C=O) groups is 2. The number of ether oxygens (including phenoxy) is 3. The van der Waals surface area contributed by atoms with Crippen LogP contribution in [-0.2, 0) is 14.3 Å². The van der Waals surface area contributed by atoms with Gasteiger partial charge >= 0.3 is 5.97 Å². The number of methoxy groups -OCH3 is 1. The maximum Gasteiger partial charge on any atom is 0.311 e. The van der Waals surface area contributed by atoms with Crippen molar-refractivity contribution in [3.05, 3.63) is 29.3 Å². The Labute approximate surface area is 159 Å². The Morgan fingerprint density at radius 3 is 2.67 bits per heavy atom. The van der Waals surface area contributed by atoms with E-state index >= 15 is 0 Å². The molecule has 7 heteroatoms. The number of hydrogen-bond acceptors (Lipinski definition) is 6. The van der Waals surface area contributed by atoms with Gasteiger partial charge in [-0.25, -0.2) is 0 Å². The lowest BCUT2D eigenvalue weighted by Crippen LogP contribution is -2.41. The largest absolute Gasteiger partial charge is 0.493 e. The van der Waals surface area contributed by atoms with Crippen LogP contribution in [0.15, 0.2) is 23.8 Å². The van der Waals surface area contributed by atoms with Gasteiger partial charge in [0.25, 0.3) is 5.91 Å². The number of benzene rings is 1. The number of amides is 1. The summed E-state index contributed by atoms with van der Waals surface area (Å²) in [7, 11) is 1.47. The second-order valence-electron chi connectivity index (χ2n) is 6.06. The first-order chi connectivity index (χ1) is 13.1. The first-order valence-corrected chi connectivity index (χ1v) is 8.96. The average molecular weight is 372 g/mol. The number of nitriles is 1. The van der Waals surface area contributed by atoms with Crippen molar-refractivity contribution in [1.29, 1.82) is 5.26 Å². The molecule has 1 amide bonds. The van der Waals surface area contributed by atoms with Crippen LogP contribution in [0, 0.1) is 11.3 Å². The lowest BCUT2D eigenvalue weighted by molar-refractivity contribution is -0.134. The van der Waals surface area contributed by atoms with Gasteiger partial charge in [0, 0.05) is 19.5 Å². The molecule has 1 aromatic carbocycles. The molecular formula is C20H24N2O5. The summed E-state index contributed by atoms with van der Waals surface area (Å²) in [4.78, 5) is 25.9. The second kappa shape index (κ2) is 10.3. The van der Waals surface area contributed by atoms with E-state index < -0.39 is 0 Å². The van der Waals surface area contributed by atoms with Crippen molar-refractivity contribution in [1.82, 2.24) is 4.90 Å². The van der Waals surface area contributed by atoms with E-state index in [-0.39, 0.29) is 17.4 Å². The molecule has 0 saturated carbocycles. The zero-order valence-electron chi connectivity index (χ0n) is 15.7. The molecule has 1 aromatic rings. The summed E-state index contributed by atoms with van der Waals surface area (Å²) in [5.41, 5.74) is 0.644. The van der Waals surface area contributed by atoms with Crippen LogP contribution in [-0.4, -0.2) is 50.2 Å². The van der Waals surface area contributed by atoms with Crippen LogP contribution in [0.2, 0.25) is 0 Å². The molecule has 144 valence electrons. The van der Waals surface area contributed by atoms with Gasteiger partial charge in [0.15, 0.2) is 11.5 Å². The van der Waals surface area contributed by atoms with E-state index in [0.29, 0.717) is 49.8 Å². The van der Waals surface area contributed by atoms with Crippen molar-refractivity contribution in [3.63, 3.8) is 0 Å². The number of rotatable bonds is 7. The standard InChI is InChI=1S/C20H24N2O5/c1-3-4-5-19(23)27-17-7-6-15(13-18(17)25-2)12-16(14-21)20(24)22-8-10-26-11-9-22/h6-7,12-13H,3-5,8-11H2,1-2H3/b16-12+. The third-order valence-electron chi connectivity index (χ3n) is 4.11. The van der Waals surface area contributed by atoms with Crippen LogP contribution in [0.1, 0.15) is 31.7 Å². The van der Waals surface area contributed by atoms with Crippen LogP contribution in [0.3, 0.4) is 0 Å². The Hall–Kier alpha value is -2.85. The minimum Gasteiger partial charge on any atom is -0.493 e. The molecule has 0 radical (unpaired) electrons. The molecule has 0 atom stereocenters. The van der Waals surface area contributed by atoms with E-state index in [9.17, 15) is 14.9 Å². The van der Waals surface area contributed by atoms with Gasteiger partial charge in [-0.05, 0) is 30.2 Å². The number of carbonyl (C=O) groups excluding carboxylic acids is 2. The number of morpholine rings is 1. The molecule has 0 unspecified atom stereocenters. The summed E-state index contributed by atoms with van der Waals surface area (Å²) in [5, 5.41) is 9.37. The average Bonchev–Trinajstić information content (AvgIpc) is 2.71. The van der Waals surface area contributed by atoms with E-state index in [0.717, 1.165) is 12.8 Å². The Balaban J connectivity index is 2.17. The molecule has 1 saturated heterocycles. The minimum atomic E-state index is -0.324. The molecule has 1 aliphatic heterocycles. The van der Waals surface area contributed by atoms with Gasteiger partial charge in [-0.15, -0.1) is 0 Å². The molecule has 27 heavy (non-hydrogen) atoms. The van der Waals surface area contributed by atoms with Gasteiger partial charge in [-0.2, -0.15) is 5.26 Å². The van der Waals surface area contributed by atoms with Crippen LogP contribution in [0.25, 0.3) is 6.08 Å². The third-order valence-corrected chi connectivity index (χ3v) is 4.11. The van der Waals surface area contributed by atoms with Crippen LogP contribution >= 0.6 is 0 Å². The molecule has 2 rings (SSSR count). The summed E-state index contributed by atoms with van der Waals surface area (Å²) in [5.74, 6) is 0.0342. The maximum atomic E-state index is 12.5. The highest BCUT2D eigenvalue weighted by molar-refractivity contribution is 6.01. The molecule has 0 aliphatic carbocycles. The number of esters is 1. The zero-order chi connectivity index (χ0) is 19.6. The van der Waals surface area contributed by atoms with E-state index in [1.807, 2.05) is 13.0 Å². The smallest absolute Gasteiger partial charge is 0.311 e. The topological polar surface area (TPSA) is 88.9 Å². The van der Waals surface area contributed by atoms with Gasteiger partial charge in [-0.1, -0.05) is 19.4 Å². The quantitative estimate of drug-likeness (QED) is 0.316. The van der Waals surface area contributed by atoms with E-state index in [4.69, 9.17) is 14.2 Å². The molecule has 7 nitrogen and oxygen atoms in total. The Kier molecular flexibility index (Phi) is 7.83. The third kappa shape index (κ3) is 5.83. The zero-order valence-corrected chi connectivity index (χ0v) is 15.7. The normalized spacial score (nSPS) is 14.4. The second-order valence-corrected chi connectivity index (χ2v) is 6.06. The van der Waals surface area contributed by atoms with Crippen molar-refractivity contribution in [3.8, 4) is 17.6 Å². The highest BCUT2D eigenvalue weighted by Gasteiger charge is 2.20. The van der Waals surface area contributed by atoms with E-state index in [1.54, 1.807) is 23.1 Å². The van der Waals surface area contributed by atoms with Crippen molar-refractivity contribution in [2.75, 3.05) is 33.4 Å². The molecule has 0 N–H and O–H groups in total. The highest BCUT2D eigenvalue weighted by atomic mass is 16.6. The predicted octanol–water partition coefficient (Wildman–Crippen LogP) is 2.56. The minimum absolute atomic E-state index is 0.0339. The molecule has 0 spiro atoms. The lowest BCUT2D eigenvalue weighted by atomic mass is 10.1. The summed E-state index contributed by atoms with van der Waals surface area (Å²) >= 11 is 0. The van der Waals surface area contributed by atoms with Crippen LogP contribution in [0.5, 0.6) is 11.5 Å². The monoisotopic (exact) mass is 372 g/mol. The molecule has 1 fully saturated rings. The maximum absolute atomic E-state index is 12.5. The number of nitrogens with zero attached hydrogens (tertiary/aromatic N) is 2. The van der Waals surface area contributed by atoms with Gasteiger partial charge in [0.05, 0.1) is 20.3 Å². The van der Waals surface area contributed by atoms with Crippen molar-refractivity contribution in [2.24, 2.45) is 0 Å². The van der Waals surface area contributed by atoms with E-state index in [1.165, 1.54) is 13.2 Å². The predicted molar refractivity (Wildman–Crippen MR) is 99.1 cm³/mol. The van der Waals surface area contributed by atoms with E-state index in [2.05, 4.69) is 0 Å². The molecule has 1 aliphatic rings. The molecule has 0 aromatic heterocycles. The lowest BCUT2D eigenvalue weighted by Gasteiger charge is -2.26. The first kappa shape index (κ1) is 20.5. The molecule has 1 heterocycles. The fourth-order valence-electron chi connectivity index (χ4n) is 2.60. The fraction of sp³-hybridized carbons (Fsp3) is 0.450. The molecular weight excluding hydrogens is 348 g/mol. The first-order valence-electron chi connectivity index (χ1n) is 8.96. The van der Waals surface area contributed by atoms with Gasteiger partial charge in [0.2, 0.25) is 0 Å².